The van der Waals surface area contributed by atoms with E-state index < -0.39 is 56.0 Å². The summed E-state index contributed by atoms with van der Waals surface area (Å²) in [5.41, 5.74) is 25.8. The smallest absolute Gasteiger partial charge is 0.334 e. The van der Waals surface area contributed by atoms with Crippen LogP contribution in [0.15, 0.2) is 48.5 Å². The molecule has 0 aliphatic rings. The molecular weight excluding hydrogens is 540 g/mol. The zero-order valence-electron chi connectivity index (χ0n) is 22.5. The lowest BCUT2D eigenvalue weighted by molar-refractivity contribution is -0.173. The van der Waals surface area contributed by atoms with E-state index in [1.165, 1.54) is 0 Å². The van der Waals surface area contributed by atoms with Gasteiger partial charge in [0.1, 0.15) is 38.5 Å². The van der Waals surface area contributed by atoms with Gasteiger partial charge in [-0.3, -0.25) is 9.59 Å². The predicted molar refractivity (Wildman–Crippen MR) is 146 cm³/mol. The summed E-state index contributed by atoms with van der Waals surface area (Å²) in [4.78, 5) is 47.2. The van der Waals surface area contributed by atoms with Gasteiger partial charge in [0.2, 0.25) is 6.79 Å². The summed E-state index contributed by atoms with van der Waals surface area (Å²) >= 11 is 0. The number of hydrogen-bond acceptors (Lipinski definition) is 14. The first-order chi connectivity index (χ1) is 19.6. The minimum atomic E-state index is -0.860. The molecule has 0 spiro atoms. The molecular formula is C27H36N4O10. The van der Waals surface area contributed by atoms with E-state index in [-0.39, 0.29) is 39.3 Å². The highest BCUT2D eigenvalue weighted by atomic mass is 16.7. The van der Waals surface area contributed by atoms with E-state index in [9.17, 15) is 19.2 Å². The third kappa shape index (κ3) is 14.1. The van der Waals surface area contributed by atoms with Crippen molar-refractivity contribution in [1.82, 2.24) is 0 Å². The van der Waals surface area contributed by atoms with E-state index in [4.69, 9.17) is 51.4 Å². The van der Waals surface area contributed by atoms with Gasteiger partial charge in [0.15, 0.2) is 0 Å². The molecule has 0 aliphatic carbocycles. The third-order valence-electron chi connectivity index (χ3n) is 5.30. The van der Waals surface area contributed by atoms with Gasteiger partial charge in [-0.05, 0) is 48.2 Å². The van der Waals surface area contributed by atoms with Crippen molar-refractivity contribution in [3.05, 3.63) is 59.7 Å². The van der Waals surface area contributed by atoms with Crippen LogP contribution in [-0.2, 0) is 60.4 Å². The summed E-state index contributed by atoms with van der Waals surface area (Å²) in [6.45, 7) is -1.91. The second-order valence-electron chi connectivity index (χ2n) is 8.70. The maximum atomic E-state index is 11.9. The second kappa shape index (κ2) is 18.2. The van der Waals surface area contributed by atoms with Gasteiger partial charge in [0, 0.05) is 11.4 Å². The molecule has 0 heterocycles. The van der Waals surface area contributed by atoms with Gasteiger partial charge in [-0.1, -0.05) is 24.3 Å². The quantitative estimate of drug-likeness (QED) is 0.0574. The lowest BCUT2D eigenvalue weighted by atomic mass is 10.1. The van der Waals surface area contributed by atoms with Crippen molar-refractivity contribution in [3.8, 4) is 0 Å². The van der Waals surface area contributed by atoms with Crippen molar-refractivity contribution < 1.29 is 47.6 Å². The van der Waals surface area contributed by atoms with Crippen LogP contribution in [0.1, 0.15) is 11.1 Å². The number of benzene rings is 2. The molecule has 0 bridgehead atoms. The number of nitrogens with two attached hydrogens (primary N) is 4. The molecule has 2 aromatic rings. The minimum absolute atomic E-state index is 0.0695. The largest absolute Gasteiger partial charge is 0.462 e. The van der Waals surface area contributed by atoms with Crippen LogP contribution < -0.4 is 22.9 Å². The number of anilines is 2. The molecule has 0 saturated heterocycles. The van der Waals surface area contributed by atoms with Crippen molar-refractivity contribution >= 4 is 35.3 Å². The van der Waals surface area contributed by atoms with E-state index >= 15 is 0 Å². The van der Waals surface area contributed by atoms with Crippen LogP contribution >= 0.6 is 0 Å². The second-order valence-corrected chi connectivity index (χ2v) is 8.70. The normalized spacial score (nSPS) is 12.1. The summed E-state index contributed by atoms with van der Waals surface area (Å²) in [7, 11) is 0. The Morgan fingerprint density at radius 2 is 0.927 bits per heavy atom. The van der Waals surface area contributed by atoms with Crippen molar-refractivity contribution in [2.45, 2.75) is 24.9 Å². The lowest BCUT2D eigenvalue weighted by Crippen LogP contribution is -2.35. The zero-order valence-corrected chi connectivity index (χ0v) is 22.5. The molecule has 14 nitrogen and oxygen atoms in total. The van der Waals surface area contributed by atoms with Crippen LogP contribution in [0.2, 0.25) is 0 Å². The molecule has 0 amide bonds. The molecule has 2 unspecified atom stereocenters. The van der Waals surface area contributed by atoms with Gasteiger partial charge in [0.25, 0.3) is 0 Å². The number of carbonyl (C=O) groups excluding carboxylic acids is 4. The molecule has 8 N–H and O–H groups in total. The van der Waals surface area contributed by atoms with Gasteiger partial charge < -0.3 is 51.4 Å². The molecule has 2 aromatic carbocycles. The Morgan fingerprint density at radius 1 is 0.561 bits per heavy atom. The Hall–Kier alpha value is -4.24. The first-order valence-electron chi connectivity index (χ1n) is 12.6. The van der Waals surface area contributed by atoms with Crippen LogP contribution in [0.4, 0.5) is 11.4 Å². The molecule has 2 atom stereocenters. The third-order valence-corrected chi connectivity index (χ3v) is 5.30. The summed E-state index contributed by atoms with van der Waals surface area (Å²) in [6, 6.07) is 12.2. The average molecular weight is 577 g/mol. The standard InChI is InChI=1S/C27H36N4O10/c28-20-5-1-18(2-6-20)13-22(30)26(34)38-11-9-36-15-24(32)40-17-41-25(33)16-37-10-12-39-27(35)23(31)14-19-3-7-21(29)8-4-19/h1-8,22-23H,9-17,28-31H2. The number of carbonyl (C=O) groups is 4. The molecule has 0 aliphatic heterocycles. The van der Waals surface area contributed by atoms with Crippen LogP contribution in [0.25, 0.3) is 0 Å². The number of esters is 4. The molecule has 2 rings (SSSR count). The maximum absolute atomic E-state index is 11.9. The number of ether oxygens (including phenoxy) is 6. The highest BCUT2D eigenvalue weighted by Gasteiger charge is 2.17. The Balaban J connectivity index is 1.43. The van der Waals surface area contributed by atoms with Crippen molar-refractivity contribution in [2.24, 2.45) is 11.5 Å². The zero-order chi connectivity index (χ0) is 30.0. The summed E-state index contributed by atoms with van der Waals surface area (Å²) in [6.07, 6.45) is 0.564. The lowest BCUT2D eigenvalue weighted by Gasteiger charge is -2.12. The van der Waals surface area contributed by atoms with Crippen molar-refractivity contribution in [1.29, 1.82) is 0 Å². The molecule has 0 radical (unpaired) electrons. The Kier molecular flexibility index (Phi) is 14.6. The fourth-order valence-electron chi connectivity index (χ4n) is 3.15. The molecule has 0 saturated carbocycles. The van der Waals surface area contributed by atoms with Crippen LogP contribution in [-0.4, -0.2) is 82.4 Å². The number of nitrogen functional groups attached to an aromatic ring is 2. The van der Waals surface area contributed by atoms with Crippen LogP contribution in [0.5, 0.6) is 0 Å². The Morgan fingerprint density at radius 3 is 1.29 bits per heavy atom. The topological polar surface area (TPSA) is 228 Å². The Bertz CT molecular complexity index is 1020. The fourth-order valence-corrected chi connectivity index (χ4v) is 3.15. The fraction of sp³-hybridized carbons (Fsp3) is 0.407. The van der Waals surface area contributed by atoms with E-state index in [1.54, 1.807) is 48.5 Å². The molecule has 14 heteroatoms. The van der Waals surface area contributed by atoms with E-state index in [0.717, 1.165) is 11.1 Å². The minimum Gasteiger partial charge on any atom is -0.462 e. The summed E-state index contributed by atoms with van der Waals surface area (Å²) < 4.78 is 29.5. The van der Waals surface area contributed by atoms with Gasteiger partial charge >= 0.3 is 23.9 Å². The van der Waals surface area contributed by atoms with Gasteiger partial charge in [-0.25, -0.2) is 9.59 Å². The van der Waals surface area contributed by atoms with E-state index in [2.05, 4.69) is 0 Å². The molecule has 224 valence electrons. The molecule has 0 fully saturated rings. The van der Waals surface area contributed by atoms with Crippen LogP contribution in [0.3, 0.4) is 0 Å². The average Bonchev–Trinajstić information content (AvgIpc) is 2.94. The SMILES string of the molecule is Nc1ccc(CC(N)C(=O)OCCOCC(=O)OCOC(=O)COCCOC(=O)C(N)Cc2ccc(N)cc2)cc1. The predicted octanol–water partition coefficient (Wildman–Crippen LogP) is -0.546. The summed E-state index contributed by atoms with van der Waals surface area (Å²) in [5, 5.41) is 0. The number of rotatable bonds is 18. The summed E-state index contributed by atoms with van der Waals surface area (Å²) in [5.74, 6) is -2.82. The van der Waals surface area contributed by atoms with Gasteiger partial charge in [-0.15, -0.1) is 0 Å². The molecule has 0 aromatic heterocycles. The Labute approximate surface area is 237 Å². The number of hydrogen-bond donors (Lipinski definition) is 4. The van der Waals surface area contributed by atoms with Crippen LogP contribution in [0, 0.1) is 0 Å². The van der Waals surface area contributed by atoms with Crippen molar-refractivity contribution in [3.63, 3.8) is 0 Å². The maximum Gasteiger partial charge on any atom is 0.334 e. The molecule has 41 heavy (non-hydrogen) atoms. The van der Waals surface area contributed by atoms with Gasteiger partial charge in [-0.2, -0.15) is 0 Å². The van der Waals surface area contributed by atoms with E-state index in [1.807, 2.05) is 0 Å². The highest BCUT2D eigenvalue weighted by Crippen LogP contribution is 2.09. The van der Waals surface area contributed by atoms with E-state index in [0.29, 0.717) is 11.4 Å². The first kappa shape index (κ1) is 33.0. The van der Waals surface area contributed by atoms with Crippen molar-refractivity contribution in [2.75, 3.05) is 57.9 Å². The monoisotopic (exact) mass is 576 g/mol. The highest BCUT2D eigenvalue weighted by molar-refractivity contribution is 5.76. The van der Waals surface area contributed by atoms with Gasteiger partial charge in [0.05, 0.1) is 13.2 Å². The first-order valence-corrected chi connectivity index (χ1v) is 12.6.